The minimum Gasteiger partial charge on any atom is -0.388 e. The number of rotatable bonds is 4. The first-order valence-corrected chi connectivity index (χ1v) is 7.49. The number of halogens is 2. The number of benzene rings is 1. The molecule has 2 rings (SSSR count). The Hall–Kier alpha value is 0.1000. The van der Waals surface area contributed by atoms with Crippen molar-refractivity contribution >= 4 is 31.9 Å². The Labute approximate surface area is 119 Å². The molecule has 1 aliphatic rings. The van der Waals surface area contributed by atoms with E-state index >= 15 is 0 Å². The van der Waals surface area contributed by atoms with Gasteiger partial charge in [0, 0.05) is 15.6 Å². The molecule has 1 aromatic carbocycles. The normalized spacial score (nSPS) is 21.7. The average Bonchev–Trinajstić information content (AvgIpc) is 2.77. The summed E-state index contributed by atoms with van der Waals surface area (Å²) in [5.74, 6) is 0. The molecule has 2 nitrogen and oxygen atoms in total. The summed E-state index contributed by atoms with van der Waals surface area (Å²) in [6.07, 6.45) is 3.92. The molecule has 1 heterocycles. The average molecular weight is 364 g/mol. The Kier molecular flexibility index (Phi) is 5.03. The highest BCUT2D eigenvalue weighted by Gasteiger charge is 2.18. The van der Waals surface area contributed by atoms with Gasteiger partial charge in [0.2, 0.25) is 0 Å². The molecule has 0 saturated carbocycles. The maximum Gasteiger partial charge on any atom is 0.0791 e. The smallest absolute Gasteiger partial charge is 0.0791 e. The highest BCUT2D eigenvalue weighted by Crippen LogP contribution is 2.28. The first kappa shape index (κ1) is 13.5. The summed E-state index contributed by atoms with van der Waals surface area (Å²) in [5, 5.41) is 10.1. The van der Waals surface area contributed by atoms with Crippen LogP contribution in [0.15, 0.2) is 27.1 Å². The van der Waals surface area contributed by atoms with E-state index in [-0.39, 0.29) is 0 Å². The molecule has 1 saturated heterocycles. The fourth-order valence-electron chi connectivity index (χ4n) is 2.15. The summed E-state index contributed by atoms with van der Waals surface area (Å²) < 4.78 is 7.53. The number of aliphatic hydroxyl groups excluding tert-OH is 1. The van der Waals surface area contributed by atoms with Crippen molar-refractivity contribution in [2.75, 3.05) is 6.61 Å². The minimum absolute atomic E-state index is 0.347. The Morgan fingerprint density at radius 3 is 2.59 bits per heavy atom. The lowest BCUT2D eigenvalue weighted by Gasteiger charge is -2.14. The highest BCUT2D eigenvalue weighted by molar-refractivity contribution is 9.11. The molecule has 0 bridgehead atoms. The SMILES string of the molecule is OC(CCC1CCCO1)c1cc(Br)cc(Br)c1. The Balaban J connectivity index is 1.91. The summed E-state index contributed by atoms with van der Waals surface area (Å²) in [6, 6.07) is 5.90. The lowest BCUT2D eigenvalue weighted by atomic mass is 10.0. The van der Waals surface area contributed by atoms with Crippen LogP contribution in [0.4, 0.5) is 0 Å². The largest absolute Gasteiger partial charge is 0.388 e. The second-order valence-electron chi connectivity index (χ2n) is 4.43. The van der Waals surface area contributed by atoms with Crippen LogP contribution in [-0.2, 0) is 4.74 Å². The molecule has 0 radical (unpaired) electrons. The standard InChI is InChI=1S/C13H16Br2O2/c14-10-6-9(7-11(15)8-10)13(16)4-3-12-2-1-5-17-12/h6-8,12-13,16H,1-5H2. The quantitative estimate of drug-likeness (QED) is 0.868. The zero-order chi connectivity index (χ0) is 12.3. The van der Waals surface area contributed by atoms with Crippen LogP contribution in [-0.4, -0.2) is 17.8 Å². The van der Waals surface area contributed by atoms with E-state index in [1.807, 2.05) is 18.2 Å². The Morgan fingerprint density at radius 1 is 1.29 bits per heavy atom. The molecule has 0 aliphatic carbocycles. The van der Waals surface area contributed by atoms with Gasteiger partial charge in [-0.3, -0.25) is 0 Å². The summed E-state index contributed by atoms with van der Waals surface area (Å²) >= 11 is 6.87. The molecule has 94 valence electrons. The maximum absolute atomic E-state index is 10.1. The molecule has 0 spiro atoms. The van der Waals surface area contributed by atoms with E-state index in [0.29, 0.717) is 6.10 Å². The van der Waals surface area contributed by atoms with Crippen molar-refractivity contribution in [3.05, 3.63) is 32.7 Å². The fourth-order valence-corrected chi connectivity index (χ4v) is 3.48. The second-order valence-corrected chi connectivity index (χ2v) is 6.26. The monoisotopic (exact) mass is 362 g/mol. The van der Waals surface area contributed by atoms with E-state index in [1.165, 1.54) is 0 Å². The molecule has 4 heteroatoms. The van der Waals surface area contributed by atoms with Crippen LogP contribution < -0.4 is 0 Å². The van der Waals surface area contributed by atoms with Gasteiger partial charge in [-0.25, -0.2) is 0 Å². The van der Waals surface area contributed by atoms with Crippen molar-refractivity contribution in [1.29, 1.82) is 0 Å². The molecule has 0 amide bonds. The van der Waals surface area contributed by atoms with Crippen molar-refractivity contribution < 1.29 is 9.84 Å². The molecule has 1 aliphatic heterocycles. The van der Waals surface area contributed by atoms with Gasteiger partial charge < -0.3 is 9.84 Å². The number of aliphatic hydroxyl groups is 1. The number of hydrogen-bond donors (Lipinski definition) is 1. The van der Waals surface area contributed by atoms with Crippen molar-refractivity contribution in [3.63, 3.8) is 0 Å². The van der Waals surface area contributed by atoms with Crippen molar-refractivity contribution in [3.8, 4) is 0 Å². The third-order valence-corrected chi connectivity index (χ3v) is 3.97. The van der Waals surface area contributed by atoms with E-state index < -0.39 is 6.10 Å². The molecule has 0 aromatic heterocycles. The number of hydrogen-bond acceptors (Lipinski definition) is 2. The van der Waals surface area contributed by atoms with Crippen molar-refractivity contribution in [2.24, 2.45) is 0 Å². The molecule has 2 unspecified atom stereocenters. The molecule has 1 aromatic rings. The summed E-state index contributed by atoms with van der Waals surface area (Å²) in [6.45, 7) is 0.878. The molecular formula is C13H16Br2O2. The molecule has 2 atom stereocenters. The van der Waals surface area contributed by atoms with E-state index in [0.717, 1.165) is 46.8 Å². The summed E-state index contributed by atoms with van der Waals surface area (Å²) in [5.41, 5.74) is 0.948. The number of ether oxygens (including phenoxy) is 1. The van der Waals surface area contributed by atoms with Crippen LogP contribution >= 0.6 is 31.9 Å². The van der Waals surface area contributed by atoms with Crippen LogP contribution in [0.5, 0.6) is 0 Å². The van der Waals surface area contributed by atoms with Crippen LogP contribution in [0, 0.1) is 0 Å². The van der Waals surface area contributed by atoms with E-state index in [4.69, 9.17) is 4.74 Å². The minimum atomic E-state index is -0.409. The topological polar surface area (TPSA) is 29.5 Å². The van der Waals surface area contributed by atoms with Gasteiger partial charge in [0.15, 0.2) is 0 Å². The zero-order valence-corrected chi connectivity index (χ0v) is 12.7. The van der Waals surface area contributed by atoms with Gasteiger partial charge in [-0.1, -0.05) is 31.9 Å². The summed E-state index contributed by atoms with van der Waals surface area (Å²) in [7, 11) is 0. The first-order chi connectivity index (χ1) is 8.15. The Bertz CT molecular complexity index is 355. The summed E-state index contributed by atoms with van der Waals surface area (Å²) in [4.78, 5) is 0. The second kappa shape index (κ2) is 6.32. The van der Waals surface area contributed by atoms with Crippen molar-refractivity contribution in [1.82, 2.24) is 0 Å². The van der Waals surface area contributed by atoms with Gasteiger partial charge in [0.1, 0.15) is 0 Å². The van der Waals surface area contributed by atoms with Crippen LogP contribution in [0.1, 0.15) is 37.4 Å². The van der Waals surface area contributed by atoms with Crippen LogP contribution in [0.2, 0.25) is 0 Å². The van der Waals surface area contributed by atoms with Gasteiger partial charge in [-0.05, 0) is 49.4 Å². The predicted molar refractivity (Wildman–Crippen MR) is 75.0 cm³/mol. The van der Waals surface area contributed by atoms with Crippen LogP contribution in [0.25, 0.3) is 0 Å². The van der Waals surface area contributed by atoms with E-state index in [9.17, 15) is 5.11 Å². The molecular weight excluding hydrogens is 348 g/mol. The van der Waals surface area contributed by atoms with Gasteiger partial charge in [0.25, 0.3) is 0 Å². The van der Waals surface area contributed by atoms with Gasteiger partial charge in [0.05, 0.1) is 12.2 Å². The van der Waals surface area contributed by atoms with E-state index in [1.54, 1.807) is 0 Å². The lowest BCUT2D eigenvalue weighted by molar-refractivity contribution is 0.0812. The van der Waals surface area contributed by atoms with Gasteiger partial charge in [-0.2, -0.15) is 0 Å². The van der Waals surface area contributed by atoms with Crippen molar-refractivity contribution in [2.45, 2.75) is 37.9 Å². The highest BCUT2D eigenvalue weighted by atomic mass is 79.9. The molecule has 1 fully saturated rings. The van der Waals surface area contributed by atoms with Crippen LogP contribution in [0.3, 0.4) is 0 Å². The first-order valence-electron chi connectivity index (χ1n) is 5.91. The third-order valence-electron chi connectivity index (χ3n) is 3.06. The van der Waals surface area contributed by atoms with Gasteiger partial charge >= 0.3 is 0 Å². The fraction of sp³-hybridized carbons (Fsp3) is 0.538. The predicted octanol–water partition coefficient (Wildman–Crippen LogP) is 4.20. The van der Waals surface area contributed by atoms with E-state index in [2.05, 4.69) is 31.9 Å². The lowest BCUT2D eigenvalue weighted by Crippen LogP contribution is -2.08. The third kappa shape index (κ3) is 4.05. The molecule has 1 N–H and O–H groups in total. The Morgan fingerprint density at radius 2 is 2.00 bits per heavy atom. The zero-order valence-electron chi connectivity index (χ0n) is 9.53. The maximum atomic E-state index is 10.1. The molecule has 17 heavy (non-hydrogen) atoms. The van der Waals surface area contributed by atoms with Gasteiger partial charge in [-0.15, -0.1) is 0 Å².